The average molecular weight is 395 g/mol. The summed E-state index contributed by atoms with van der Waals surface area (Å²) in [6.45, 7) is 5.10. The Morgan fingerprint density at radius 2 is 1.96 bits per heavy atom. The van der Waals surface area contributed by atoms with Gasteiger partial charge in [0.1, 0.15) is 4.32 Å². The number of halogens is 3. The summed E-state index contributed by atoms with van der Waals surface area (Å²) in [4.78, 5) is 23.4. The van der Waals surface area contributed by atoms with Gasteiger partial charge in [0.15, 0.2) is 0 Å². The number of hydrogen-bond donors (Lipinski definition) is 1. The van der Waals surface area contributed by atoms with Crippen molar-refractivity contribution in [3.63, 3.8) is 0 Å². The molecule has 1 amide bonds. The molecule has 6 nitrogen and oxygen atoms in total. The van der Waals surface area contributed by atoms with Crippen LogP contribution in [0.25, 0.3) is 0 Å². The largest absolute Gasteiger partial charge is 0.418 e. The highest BCUT2D eigenvalue weighted by atomic mass is 32.2. The molecule has 0 bridgehead atoms. The Labute approximate surface area is 151 Å². The number of thiocarbonyl (C=S) groups is 1. The number of hydrogen-bond acceptors (Lipinski definition) is 5. The molecule has 1 aromatic rings. The predicted molar refractivity (Wildman–Crippen MR) is 94.7 cm³/mol. The Morgan fingerprint density at radius 3 is 2.44 bits per heavy atom. The molecular formula is C14H16F3N3O3S2. The highest BCUT2D eigenvalue weighted by molar-refractivity contribution is 8.23. The summed E-state index contributed by atoms with van der Waals surface area (Å²) in [6, 6.07) is 2.16. The van der Waals surface area contributed by atoms with Gasteiger partial charge in [0, 0.05) is 25.2 Å². The van der Waals surface area contributed by atoms with Crippen LogP contribution in [0.1, 0.15) is 19.4 Å². The van der Waals surface area contributed by atoms with Crippen molar-refractivity contribution in [2.45, 2.75) is 20.0 Å². The number of nitrogens with zero attached hydrogens (tertiary/aromatic N) is 2. The van der Waals surface area contributed by atoms with E-state index in [-0.39, 0.29) is 5.75 Å². The van der Waals surface area contributed by atoms with Gasteiger partial charge in [-0.1, -0.05) is 24.0 Å². The topological polar surface area (TPSA) is 75.5 Å². The number of nitrogens with one attached hydrogen (secondary N) is 1. The van der Waals surface area contributed by atoms with Crippen LogP contribution in [0.4, 0.5) is 24.5 Å². The Hall–Kier alpha value is -1.88. The van der Waals surface area contributed by atoms with Crippen molar-refractivity contribution in [3.05, 3.63) is 33.9 Å². The Morgan fingerprint density at radius 1 is 1.36 bits per heavy atom. The van der Waals surface area contributed by atoms with E-state index in [0.29, 0.717) is 23.5 Å². The number of amides is 1. The zero-order valence-electron chi connectivity index (χ0n) is 13.4. The molecular weight excluding hydrogens is 379 g/mol. The van der Waals surface area contributed by atoms with Crippen molar-refractivity contribution < 1.29 is 22.9 Å². The van der Waals surface area contributed by atoms with Crippen LogP contribution in [0.15, 0.2) is 18.2 Å². The smallest absolute Gasteiger partial charge is 0.358 e. The van der Waals surface area contributed by atoms with Crippen LogP contribution in [-0.4, -0.2) is 38.9 Å². The number of carbonyl (C=O) groups excluding carboxylic acids is 1. The van der Waals surface area contributed by atoms with Gasteiger partial charge in [0.2, 0.25) is 5.91 Å². The molecule has 0 aliphatic carbocycles. The summed E-state index contributed by atoms with van der Waals surface area (Å²) in [7, 11) is 0. The van der Waals surface area contributed by atoms with Gasteiger partial charge in [-0.2, -0.15) is 13.2 Å². The standard InChI is InChI=1S/C14H16F3N3O3S2/c1-3-19(4-2)13(24)25-8-12(21)18-11-6-5-9(20(22)23)7-10(11)14(15,16)17/h5-7H,3-4,8H2,1-2H3,(H,18,21). The summed E-state index contributed by atoms with van der Waals surface area (Å²) in [5, 5.41) is 12.8. The van der Waals surface area contributed by atoms with E-state index in [9.17, 15) is 28.1 Å². The second-order valence-corrected chi connectivity index (χ2v) is 6.37. The Kier molecular flexibility index (Phi) is 7.61. The van der Waals surface area contributed by atoms with Crippen LogP contribution in [0, 0.1) is 10.1 Å². The number of non-ortho nitro benzene ring substituents is 1. The van der Waals surface area contributed by atoms with Crippen molar-refractivity contribution in [3.8, 4) is 0 Å². The Bertz CT molecular complexity index is 664. The Balaban J connectivity index is 2.86. The first-order valence-electron chi connectivity index (χ1n) is 7.17. The van der Waals surface area contributed by atoms with Gasteiger partial charge in [0.05, 0.1) is 21.9 Å². The lowest BCUT2D eigenvalue weighted by molar-refractivity contribution is -0.385. The molecule has 0 aliphatic heterocycles. The fourth-order valence-electron chi connectivity index (χ4n) is 1.88. The monoisotopic (exact) mass is 395 g/mol. The van der Waals surface area contributed by atoms with Gasteiger partial charge in [-0.05, 0) is 19.9 Å². The minimum absolute atomic E-state index is 0.163. The molecule has 0 aliphatic rings. The number of carbonyl (C=O) groups is 1. The van der Waals surface area contributed by atoms with Crippen LogP contribution in [-0.2, 0) is 11.0 Å². The second kappa shape index (κ2) is 8.99. The first kappa shape index (κ1) is 21.2. The average Bonchev–Trinajstić information content (AvgIpc) is 2.53. The van der Waals surface area contributed by atoms with Gasteiger partial charge >= 0.3 is 6.18 Å². The van der Waals surface area contributed by atoms with Gasteiger partial charge < -0.3 is 10.2 Å². The molecule has 0 heterocycles. The molecule has 25 heavy (non-hydrogen) atoms. The molecule has 0 saturated carbocycles. The van der Waals surface area contributed by atoms with Gasteiger partial charge in [-0.25, -0.2) is 0 Å². The summed E-state index contributed by atoms with van der Waals surface area (Å²) in [5.41, 5.74) is -2.51. The van der Waals surface area contributed by atoms with Crippen molar-refractivity contribution >= 4 is 45.6 Å². The first-order valence-corrected chi connectivity index (χ1v) is 8.56. The third-order valence-electron chi connectivity index (χ3n) is 3.14. The van der Waals surface area contributed by atoms with E-state index in [1.165, 1.54) is 0 Å². The number of rotatable bonds is 6. The lowest BCUT2D eigenvalue weighted by Gasteiger charge is -2.20. The lowest BCUT2D eigenvalue weighted by atomic mass is 10.1. The molecule has 0 fully saturated rings. The minimum Gasteiger partial charge on any atom is -0.358 e. The maximum absolute atomic E-state index is 13.0. The third kappa shape index (κ3) is 6.16. The second-order valence-electron chi connectivity index (χ2n) is 4.76. The van der Waals surface area contributed by atoms with Crippen LogP contribution in [0.3, 0.4) is 0 Å². The molecule has 138 valence electrons. The van der Waals surface area contributed by atoms with Gasteiger partial charge in [-0.3, -0.25) is 14.9 Å². The molecule has 1 N–H and O–H groups in total. The van der Waals surface area contributed by atoms with E-state index in [0.717, 1.165) is 23.9 Å². The van der Waals surface area contributed by atoms with E-state index in [2.05, 4.69) is 5.32 Å². The predicted octanol–water partition coefficient (Wildman–Crippen LogP) is 3.91. The number of anilines is 1. The molecule has 0 radical (unpaired) electrons. The fraction of sp³-hybridized carbons (Fsp3) is 0.429. The van der Waals surface area contributed by atoms with E-state index in [4.69, 9.17) is 12.2 Å². The maximum atomic E-state index is 13.0. The van der Waals surface area contributed by atoms with Crippen molar-refractivity contribution in [2.75, 3.05) is 24.2 Å². The molecule has 0 saturated heterocycles. The van der Waals surface area contributed by atoms with Crippen LogP contribution in [0.2, 0.25) is 0 Å². The SMILES string of the molecule is CCN(CC)C(=S)SCC(=O)Nc1ccc([N+](=O)[O-])cc1C(F)(F)F. The zero-order chi connectivity index (χ0) is 19.2. The van der Waals surface area contributed by atoms with Crippen molar-refractivity contribution in [2.24, 2.45) is 0 Å². The maximum Gasteiger partial charge on any atom is 0.418 e. The van der Waals surface area contributed by atoms with Crippen molar-refractivity contribution in [1.82, 2.24) is 4.90 Å². The number of benzene rings is 1. The normalized spacial score (nSPS) is 11.1. The number of alkyl halides is 3. The summed E-state index contributed by atoms with van der Waals surface area (Å²) in [5.74, 6) is -0.845. The molecule has 0 spiro atoms. The lowest BCUT2D eigenvalue weighted by Crippen LogP contribution is -2.28. The van der Waals surface area contributed by atoms with E-state index in [1.807, 2.05) is 18.7 Å². The minimum atomic E-state index is -4.84. The summed E-state index contributed by atoms with van der Waals surface area (Å²) >= 11 is 6.18. The molecule has 1 aromatic carbocycles. The summed E-state index contributed by atoms with van der Waals surface area (Å²) < 4.78 is 39.6. The highest BCUT2D eigenvalue weighted by Crippen LogP contribution is 2.37. The van der Waals surface area contributed by atoms with E-state index >= 15 is 0 Å². The van der Waals surface area contributed by atoms with E-state index in [1.54, 1.807) is 0 Å². The zero-order valence-corrected chi connectivity index (χ0v) is 15.1. The van der Waals surface area contributed by atoms with Gasteiger partial charge in [-0.15, -0.1) is 0 Å². The summed E-state index contributed by atoms with van der Waals surface area (Å²) in [6.07, 6.45) is -4.84. The van der Waals surface area contributed by atoms with Gasteiger partial charge in [0.25, 0.3) is 5.69 Å². The number of nitro groups is 1. The van der Waals surface area contributed by atoms with Crippen LogP contribution >= 0.6 is 24.0 Å². The van der Waals surface area contributed by atoms with Crippen LogP contribution in [0.5, 0.6) is 0 Å². The van der Waals surface area contributed by atoms with Crippen LogP contribution < -0.4 is 5.32 Å². The quantitative estimate of drug-likeness (QED) is 0.447. The molecule has 0 atom stereocenters. The number of nitro benzene ring substituents is 1. The molecule has 1 rings (SSSR count). The van der Waals surface area contributed by atoms with E-state index < -0.39 is 33.9 Å². The van der Waals surface area contributed by atoms with Crippen molar-refractivity contribution in [1.29, 1.82) is 0 Å². The molecule has 11 heteroatoms. The fourth-order valence-corrected chi connectivity index (χ4v) is 3.08. The third-order valence-corrected chi connectivity index (χ3v) is 4.67. The molecule has 0 unspecified atom stereocenters. The molecule has 0 aromatic heterocycles. The first-order chi connectivity index (χ1) is 11.6. The number of thioether (sulfide) groups is 1. The highest BCUT2D eigenvalue weighted by Gasteiger charge is 2.35.